The molecule has 0 spiro atoms. The first-order valence-corrected chi connectivity index (χ1v) is 9.56. The van der Waals surface area contributed by atoms with Crippen molar-refractivity contribution in [2.24, 2.45) is 0 Å². The Kier molecular flexibility index (Phi) is 6.78. The van der Waals surface area contributed by atoms with Crippen molar-refractivity contribution in [3.8, 4) is 11.1 Å². The van der Waals surface area contributed by atoms with Gasteiger partial charge in [-0.15, -0.1) is 0 Å². The maximum atomic E-state index is 12.8. The fourth-order valence-corrected chi connectivity index (χ4v) is 3.02. The standard InChI is InChI=1S/C22H22N4O5/c1-13(21(28)29)23-17(20(27)24-19-12-18(22(30)31)25-26-19)11-14-7-9-16(10-8-14)15-5-3-2-4-6-15/h2-10,12-13,17,23H,11H2,1H3,(H,28,29)(H,30,31)(H2,24,25,26,27)/t13-,17?/m0/s1. The summed E-state index contributed by atoms with van der Waals surface area (Å²) in [6.07, 6.45) is 0.235. The lowest BCUT2D eigenvalue weighted by molar-refractivity contribution is -0.139. The van der Waals surface area contributed by atoms with Crippen LogP contribution in [-0.4, -0.2) is 50.3 Å². The van der Waals surface area contributed by atoms with Gasteiger partial charge in [0.1, 0.15) is 11.9 Å². The van der Waals surface area contributed by atoms with Gasteiger partial charge in [0.2, 0.25) is 5.91 Å². The van der Waals surface area contributed by atoms with Crippen molar-refractivity contribution in [1.29, 1.82) is 0 Å². The average molecular weight is 422 g/mol. The predicted octanol–water partition coefficient (Wildman–Crippen LogP) is 2.39. The molecule has 1 heterocycles. The first kappa shape index (κ1) is 21.7. The topological polar surface area (TPSA) is 144 Å². The number of hydrogen-bond donors (Lipinski definition) is 5. The monoisotopic (exact) mass is 422 g/mol. The molecule has 1 amide bonds. The van der Waals surface area contributed by atoms with Crippen molar-refractivity contribution in [3.05, 3.63) is 71.9 Å². The molecule has 1 aromatic heterocycles. The number of carboxylic acid groups (broad SMARTS) is 2. The molecule has 0 radical (unpaired) electrons. The fraction of sp³-hybridized carbons (Fsp3) is 0.182. The molecule has 160 valence electrons. The zero-order valence-corrected chi connectivity index (χ0v) is 16.7. The molecule has 0 saturated heterocycles. The molecule has 0 fully saturated rings. The Morgan fingerprint density at radius 1 is 1.00 bits per heavy atom. The number of carbonyl (C=O) groups excluding carboxylic acids is 1. The molecule has 9 nitrogen and oxygen atoms in total. The van der Waals surface area contributed by atoms with E-state index in [1.54, 1.807) is 0 Å². The van der Waals surface area contributed by atoms with Gasteiger partial charge in [0.25, 0.3) is 0 Å². The molecule has 2 aromatic carbocycles. The van der Waals surface area contributed by atoms with Crippen LogP contribution >= 0.6 is 0 Å². The van der Waals surface area contributed by atoms with E-state index >= 15 is 0 Å². The van der Waals surface area contributed by atoms with Gasteiger partial charge in [-0.2, -0.15) is 5.10 Å². The molecule has 3 aromatic rings. The van der Waals surface area contributed by atoms with Gasteiger partial charge in [-0.05, 0) is 30.0 Å². The summed E-state index contributed by atoms with van der Waals surface area (Å²) < 4.78 is 0. The smallest absolute Gasteiger partial charge is 0.356 e. The first-order chi connectivity index (χ1) is 14.8. The number of aromatic amines is 1. The van der Waals surface area contributed by atoms with Crippen molar-refractivity contribution in [3.63, 3.8) is 0 Å². The number of benzene rings is 2. The maximum absolute atomic E-state index is 12.8. The highest BCUT2D eigenvalue weighted by molar-refractivity contribution is 5.96. The molecule has 0 aliphatic rings. The number of aliphatic carboxylic acids is 1. The van der Waals surface area contributed by atoms with Crippen LogP contribution in [0, 0.1) is 0 Å². The lowest BCUT2D eigenvalue weighted by Crippen LogP contribution is -2.49. The zero-order valence-electron chi connectivity index (χ0n) is 16.7. The van der Waals surface area contributed by atoms with E-state index in [-0.39, 0.29) is 17.9 Å². The highest BCUT2D eigenvalue weighted by Gasteiger charge is 2.24. The quantitative estimate of drug-likeness (QED) is 0.356. The molecular weight excluding hydrogens is 400 g/mol. The minimum atomic E-state index is -1.23. The van der Waals surface area contributed by atoms with Crippen LogP contribution in [-0.2, 0) is 16.0 Å². The molecule has 9 heteroatoms. The number of amides is 1. The maximum Gasteiger partial charge on any atom is 0.356 e. The molecule has 0 saturated carbocycles. The van der Waals surface area contributed by atoms with E-state index in [2.05, 4.69) is 20.8 Å². The van der Waals surface area contributed by atoms with Gasteiger partial charge >= 0.3 is 11.9 Å². The number of aromatic nitrogens is 2. The molecule has 0 aliphatic carbocycles. The van der Waals surface area contributed by atoms with Crippen LogP contribution < -0.4 is 10.6 Å². The highest BCUT2D eigenvalue weighted by Crippen LogP contribution is 2.20. The van der Waals surface area contributed by atoms with E-state index in [1.807, 2.05) is 54.6 Å². The number of hydrogen-bond acceptors (Lipinski definition) is 5. The van der Waals surface area contributed by atoms with Crippen LogP contribution in [0.3, 0.4) is 0 Å². The van der Waals surface area contributed by atoms with E-state index in [4.69, 9.17) is 5.11 Å². The summed E-state index contributed by atoms with van der Waals surface area (Å²) in [5, 5.41) is 29.5. The third-order valence-corrected chi connectivity index (χ3v) is 4.69. The average Bonchev–Trinajstić information content (AvgIpc) is 3.23. The molecule has 31 heavy (non-hydrogen) atoms. The number of carboxylic acids is 2. The lowest BCUT2D eigenvalue weighted by Gasteiger charge is -2.20. The number of nitrogens with one attached hydrogen (secondary N) is 3. The van der Waals surface area contributed by atoms with Crippen molar-refractivity contribution in [2.45, 2.75) is 25.4 Å². The van der Waals surface area contributed by atoms with Crippen LogP contribution in [0.4, 0.5) is 5.82 Å². The SMILES string of the molecule is C[C@H](NC(Cc1ccc(-c2ccccc2)cc1)C(=O)Nc1cc(C(=O)O)n[nH]1)C(=O)O. The van der Waals surface area contributed by atoms with Gasteiger partial charge in [-0.25, -0.2) is 4.79 Å². The molecule has 0 aliphatic heterocycles. The number of H-pyrrole nitrogens is 1. The number of aromatic carboxylic acids is 1. The molecule has 5 N–H and O–H groups in total. The normalized spacial score (nSPS) is 12.7. The number of anilines is 1. The van der Waals surface area contributed by atoms with Crippen LogP contribution in [0.2, 0.25) is 0 Å². The summed E-state index contributed by atoms with van der Waals surface area (Å²) in [7, 11) is 0. The van der Waals surface area contributed by atoms with Gasteiger partial charge in [-0.1, -0.05) is 54.6 Å². The second-order valence-electron chi connectivity index (χ2n) is 7.01. The Bertz CT molecular complexity index is 1060. The van der Waals surface area contributed by atoms with Crippen molar-refractivity contribution in [2.75, 3.05) is 5.32 Å². The molecule has 0 bridgehead atoms. The van der Waals surface area contributed by atoms with Crippen LogP contribution in [0.5, 0.6) is 0 Å². The number of carbonyl (C=O) groups is 3. The third kappa shape index (κ3) is 5.77. The van der Waals surface area contributed by atoms with Gasteiger partial charge < -0.3 is 15.5 Å². The van der Waals surface area contributed by atoms with Gasteiger partial charge in [0.15, 0.2) is 5.69 Å². The van der Waals surface area contributed by atoms with Gasteiger partial charge in [-0.3, -0.25) is 20.0 Å². The minimum Gasteiger partial charge on any atom is -0.480 e. The summed E-state index contributed by atoms with van der Waals surface area (Å²) >= 11 is 0. The molecule has 1 unspecified atom stereocenters. The highest BCUT2D eigenvalue weighted by atomic mass is 16.4. The zero-order chi connectivity index (χ0) is 22.4. The Morgan fingerprint density at radius 2 is 1.65 bits per heavy atom. The van der Waals surface area contributed by atoms with E-state index < -0.39 is 29.9 Å². The summed E-state index contributed by atoms with van der Waals surface area (Å²) in [5.41, 5.74) is 2.68. The summed E-state index contributed by atoms with van der Waals surface area (Å²) in [4.78, 5) is 35.0. The first-order valence-electron chi connectivity index (χ1n) is 9.56. The Hall–Kier alpha value is -3.98. The number of rotatable bonds is 9. The Labute approximate surface area is 178 Å². The van der Waals surface area contributed by atoms with Crippen LogP contribution in [0.15, 0.2) is 60.7 Å². The molecule has 3 rings (SSSR count). The van der Waals surface area contributed by atoms with Crippen molar-refractivity contribution in [1.82, 2.24) is 15.5 Å². The second kappa shape index (κ2) is 9.68. The molecule has 2 atom stereocenters. The Balaban J connectivity index is 1.75. The van der Waals surface area contributed by atoms with Crippen LogP contribution in [0.25, 0.3) is 11.1 Å². The van der Waals surface area contributed by atoms with Crippen molar-refractivity contribution < 1.29 is 24.6 Å². The lowest BCUT2D eigenvalue weighted by atomic mass is 10.00. The number of nitrogens with zero attached hydrogens (tertiary/aromatic N) is 1. The minimum absolute atomic E-state index is 0.108. The van der Waals surface area contributed by atoms with Gasteiger partial charge in [0.05, 0.1) is 6.04 Å². The fourth-order valence-electron chi connectivity index (χ4n) is 3.02. The third-order valence-electron chi connectivity index (χ3n) is 4.69. The van der Waals surface area contributed by atoms with E-state index in [0.29, 0.717) is 0 Å². The summed E-state index contributed by atoms with van der Waals surface area (Å²) in [6.45, 7) is 1.44. The van der Waals surface area contributed by atoms with Crippen LogP contribution in [0.1, 0.15) is 23.0 Å². The Morgan fingerprint density at radius 3 is 2.23 bits per heavy atom. The van der Waals surface area contributed by atoms with E-state index in [0.717, 1.165) is 16.7 Å². The molecular formula is C22H22N4O5. The summed E-state index contributed by atoms with van der Waals surface area (Å²) in [6, 6.07) is 16.8. The van der Waals surface area contributed by atoms with E-state index in [9.17, 15) is 19.5 Å². The second-order valence-corrected chi connectivity index (χ2v) is 7.01. The predicted molar refractivity (Wildman–Crippen MR) is 114 cm³/mol. The largest absolute Gasteiger partial charge is 0.480 e. The van der Waals surface area contributed by atoms with Gasteiger partial charge in [0, 0.05) is 6.07 Å². The summed E-state index contributed by atoms with van der Waals surface area (Å²) in [5.74, 6) is -2.73. The van der Waals surface area contributed by atoms with E-state index in [1.165, 1.54) is 13.0 Å². The van der Waals surface area contributed by atoms with Crippen molar-refractivity contribution >= 4 is 23.7 Å².